The first-order valence-corrected chi connectivity index (χ1v) is 7.13. The number of aromatic nitrogens is 3. The lowest BCUT2D eigenvalue weighted by atomic mass is 10.2. The molecule has 1 N–H and O–H groups in total. The maximum absolute atomic E-state index is 10.8. The molecule has 0 radical (unpaired) electrons. The molecule has 0 spiro atoms. The number of nitro groups is 1. The maximum atomic E-state index is 10.8. The van der Waals surface area contributed by atoms with Crippen LogP contribution in [0.25, 0.3) is 5.65 Å². The van der Waals surface area contributed by atoms with E-state index in [-0.39, 0.29) is 5.82 Å². The number of fused-ring (bicyclic) bond motifs is 1. The number of anilines is 1. The topological polar surface area (TPSA) is 85.4 Å². The Morgan fingerprint density at radius 2 is 2.47 bits per heavy atom. The number of nitrogens with zero attached hydrogens (tertiary/aromatic N) is 4. The van der Waals surface area contributed by atoms with Gasteiger partial charge in [-0.25, -0.2) is 4.98 Å². The molecule has 3 rings (SSSR count). The van der Waals surface area contributed by atoms with Crippen molar-refractivity contribution in [3.63, 3.8) is 0 Å². The summed E-state index contributed by atoms with van der Waals surface area (Å²) < 4.78 is 1.25. The molecule has 1 atom stereocenters. The van der Waals surface area contributed by atoms with Crippen LogP contribution in [0.2, 0.25) is 0 Å². The summed E-state index contributed by atoms with van der Waals surface area (Å²) in [6, 6.07) is 3.52. The average molecular weight is 279 g/mol. The third-order valence-electron chi connectivity index (χ3n) is 3.07. The van der Waals surface area contributed by atoms with Crippen molar-refractivity contribution in [3.05, 3.63) is 28.4 Å². The van der Waals surface area contributed by atoms with E-state index in [1.165, 1.54) is 29.3 Å². The fourth-order valence-electron chi connectivity index (χ4n) is 2.10. The summed E-state index contributed by atoms with van der Waals surface area (Å²) in [7, 11) is 0. The van der Waals surface area contributed by atoms with Crippen LogP contribution in [0, 0.1) is 10.1 Å². The Morgan fingerprint density at radius 3 is 3.21 bits per heavy atom. The molecule has 7 nitrogen and oxygen atoms in total. The Labute approximate surface area is 113 Å². The lowest BCUT2D eigenvalue weighted by Crippen LogP contribution is -2.15. The molecule has 8 heteroatoms. The predicted octanol–water partition coefficient (Wildman–Crippen LogP) is 1.94. The Kier molecular flexibility index (Phi) is 3.24. The van der Waals surface area contributed by atoms with Crippen LogP contribution in [-0.2, 0) is 0 Å². The Hall–Kier alpha value is -1.83. The summed E-state index contributed by atoms with van der Waals surface area (Å²) in [5.41, 5.74) is 0.479. The number of thioether (sulfide) groups is 1. The minimum absolute atomic E-state index is 0.117. The van der Waals surface area contributed by atoms with Crippen LogP contribution in [0.5, 0.6) is 0 Å². The number of rotatable bonds is 4. The molecule has 0 bridgehead atoms. The molecule has 1 aliphatic heterocycles. The molecule has 100 valence electrons. The van der Waals surface area contributed by atoms with Crippen LogP contribution in [-0.4, -0.2) is 37.1 Å². The van der Waals surface area contributed by atoms with Crippen LogP contribution < -0.4 is 5.32 Å². The second kappa shape index (κ2) is 5.04. The number of hydrogen-bond acceptors (Lipinski definition) is 6. The first-order chi connectivity index (χ1) is 9.24. The van der Waals surface area contributed by atoms with E-state index < -0.39 is 4.92 Å². The minimum Gasteiger partial charge on any atom is -0.366 e. The first-order valence-electron chi connectivity index (χ1n) is 6.09. The maximum Gasteiger partial charge on any atom is 0.368 e. The number of hydrogen-bond donors (Lipinski definition) is 1. The van der Waals surface area contributed by atoms with Crippen LogP contribution in [0.4, 0.5) is 11.6 Å². The second-order valence-electron chi connectivity index (χ2n) is 4.38. The van der Waals surface area contributed by atoms with Gasteiger partial charge in [-0.15, -0.1) is 0 Å². The normalized spacial score (nSPS) is 18.8. The van der Waals surface area contributed by atoms with E-state index in [0.29, 0.717) is 16.7 Å². The quantitative estimate of drug-likeness (QED) is 0.680. The largest absolute Gasteiger partial charge is 0.368 e. The van der Waals surface area contributed by atoms with Crippen molar-refractivity contribution in [2.24, 2.45) is 0 Å². The standard InChI is InChI=1S/C11H13N5O2S/c17-16(18)11-7-13-10-4-3-9(14-15(10)11)12-6-8-2-1-5-19-8/h3-4,7-8H,1-2,5-6H2,(H,12,14). The van der Waals surface area contributed by atoms with Gasteiger partial charge in [0.15, 0.2) is 5.82 Å². The van der Waals surface area contributed by atoms with Crippen molar-refractivity contribution >= 4 is 29.0 Å². The van der Waals surface area contributed by atoms with Crippen molar-refractivity contribution in [2.75, 3.05) is 17.6 Å². The Morgan fingerprint density at radius 1 is 1.58 bits per heavy atom. The van der Waals surface area contributed by atoms with E-state index >= 15 is 0 Å². The smallest absolute Gasteiger partial charge is 0.366 e. The Bertz CT molecular complexity index is 608. The fraction of sp³-hybridized carbons (Fsp3) is 0.455. The van der Waals surface area contributed by atoms with Crippen molar-refractivity contribution < 1.29 is 4.92 Å². The van der Waals surface area contributed by atoms with Gasteiger partial charge in [-0.05, 0) is 29.6 Å². The van der Waals surface area contributed by atoms with Gasteiger partial charge < -0.3 is 15.4 Å². The van der Waals surface area contributed by atoms with E-state index in [1.807, 2.05) is 11.8 Å². The average Bonchev–Trinajstić information content (AvgIpc) is 3.05. The van der Waals surface area contributed by atoms with Gasteiger partial charge in [0.2, 0.25) is 5.65 Å². The lowest BCUT2D eigenvalue weighted by Gasteiger charge is -2.09. The molecule has 2 aromatic heterocycles. The van der Waals surface area contributed by atoms with Gasteiger partial charge in [0.05, 0.1) is 0 Å². The number of imidazole rings is 1. The van der Waals surface area contributed by atoms with E-state index in [2.05, 4.69) is 15.4 Å². The molecule has 0 aromatic carbocycles. The molecule has 0 amide bonds. The van der Waals surface area contributed by atoms with Crippen molar-refractivity contribution in [2.45, 2.75) is 18.1 Å². The summed E-state index contributed by atoms with van der Waals surface area (Å²) in [6.45, 7) is 0.839. The molecule has 3 heterocycles. The van der Waals surface area contributed by atoms with E-state index in [9.17, 15) is 10.1 Å². The van der Waals surface area contributed by atoms with E-state index in [1.54, 1.807) is 12.1 Å². The number of nitrogens with one attached hydrogen (secondary N) is 1. The summed E-state index contributed by atoms with van der Waals surface area (Å²) in [5.74, 6) is 1.74. The highest BCUT2D eigenvalue weighted by Crippen LogP contribution is 2.26. The molecule has 19 heavy (non-hydrogen) atoms. The summed E-state index contributed by atoms with van der Waals surface area (Å²) >= 11 is 1.96. The van der Waals surface area contributed by atoms with Crippen molar-refractivity contribution in [1.82, 2.24) is 14.6 Å². The van der Waals surface area contributed by atoms with Gasteiger partial charge in [0.1, 0.15) is 6.20 Å². The van der Waals surface area contributed by atoms with Gasteiger partial charge in [0, 0.05) is 17.9 Å². The fourth-order valence-corrected chi connectivity index (χ4v) is 3.30. The summed E-state index contributed by atoms with van der Waals surface area (Å²) in [4.78, 5) is 14.3. The van der Waals surface area contributed by atoms with E-state index in [4.69, 9.17) is 0 Å². The molecule has 1 fully saturated rings. The third kappa shape index (κ3) is 2.48. The van der Waals surface area contributed by atoms with Crippen molar-refractivity contribution in [3.8, 4) is 0 Å². The third-order valence-corrected chi connectivity index (χ3v) is 4.46. The Balaban J connectivity index is 1.79. The molecule has 0 saturated carbocycles. The molecule has 0 aliphatic carbocycles. The van der Waals surface area contributed by atoms with Gasteiger partial charge in [-0.1, -0.05) is 9.61 Å². The minimum atomic E-state index is -0.483. The molecular formula is C11H13N5O2S. The molecule has 1 unspecified atom stereocenters. The summed E-state index contributed by atoms with van der Waals surface area (Å²) in [6.07, 6.45) is 3.69. The van der Waals surface area contributed by atoms with Crippen LogP contribution in [0.3, 0.4) is 0 Å². The zero-order valence-corrected chi connectivity index (χ0v) is 11.0. The molecule has 1 saturated heterocycles. The SMILES string of the molecule is O=[N+]([O-])c1cnc2ccc(NCC3CCCS3)nn12. The van der Waals surface area contributed by atoms with Crippen molar-refractivity contribution in [1.29, 1.82) is 0 Å². The highest BCUT2D eigenvalue weighted by Gasteiger charge is 2.18. The molecule has 1 aliphatic rings. The van der Waals surface area contributed by atoms with E-state index in [0.717, 1.165) is 6.54 Å². The van der Waals surface area contributed by atoms with Crippen LogP contribution in [0.15, 0.2) is 18.3 Å². The predicted molar refractivity (Wildman–Crippen MR) is 73.6 cm³/mol. The summed E-state index contributed by atoms with van der Waals surface area (Å²) in [5, 5.41) is 18.9. The molecular weight excluding hydrogens is 266 g/mol. The van der Waals surface area contributed by atoms with Crippen LogP contribution >= 0.6 is 11.8 Å². The van der Waals surface area contributed by atoms with Gasteiger partial charge in [0.25, 0.3) is 0 Å². The van der Waals surface area contributed by atoms with Gasteiger partial charge >= 0.3 is 5.82 Å². The van der Waals surface area contributed by atoms with Crippen LogP contribution in [0.1, 0.15) is 12.8 Å². The zero-order valence-electron chi connectivity index (χ0n) is 10.2. The molecule has 2 aromatic rings. The highest BCUT2D eigenvalue weighted by molar-refractivity contribution is 8.00. The lowest BCUT2D eigenvalue weighted by molar-refractivity contribution is -0.391. The first kappa shape index (κ1) is 12.2. The highest BCUT2D eigenvalue weighted by atomic mass is 32.2. The monoisotopic (exact) mass is 279 g/mol. The van der Waals surface area contributed by atoms with Gasteiger partial charge in [-0.2, -0.15) is 11.8 Å². The van der Waals surface area contributed by atoms with Gasteiger partial charge in [-0.3, -0.25) is 0 Å². The zero-order chi connectivity index (χ0) is 13.2. The second-order valence-corrected chi connectivity index (χ2v) is 5.79.